The molecule has 156 valence electrons. The van der Waals surface area contributed by atoms with E-state index in [1.54, 1.807) is 18.4 Å². The van der Waals surface area contributed by atoms with Gasteiger partial charge in [0, 0.05) is 5.69 Å². The number of carboxylic acids is 4. The SMILES string of the molecule is N=C(Nc1ccc(CCN)cc1)c1ccco1.O=C(O)C(=O)O.O=C(O)C(=O)O. The zero-order chi connectivity index (χ0) is 22.4. The monoisotopic (exact) mass is 409 g/mol. The molecule has 29 heavy (non-hydrogen) atoms. The maximum atomic E-state index is 9.10. The summed E-state index contributed by atoms with van der Waals surface area (Å²) in [4.78, 5) is 36.4. The average molecular weight is 409 g/mol. The van der Waals surface area contributed by atoms with Gasteiger partial charge in [-0.3, -0.25) is 5.41 Å². The van der Waals surface area contributed by atoms with Crippen molar-refractivity contribution >= 4 is 35.4 Å². The number of hydrogen-bond acceptors (Lipinski definition) is 7. The Hall–Kier alpha value is -4.19. The van der Waals surface area contributed by atoms with E-state index in [0.29, 0.717) is 12.3 Å². The number of carboxylic acid groups (broad SMARTS) is 4. The van der Waals surface area contributed by atoms with Crippen molar-refractivity contribution in [3.8, 4) is 0 Å². The van der Waals surface area contributed by atoms with Crippen LogP contribution in [0.25, 0.3) is 0 Å². The highest BCUT2D eigenvalue weighted by Gasteiger charge is 2.05. The maximum Gasteiger partial charge on any atom is 0.414 e. The minimum atomic E-state index is -1.82. The quantitative estimate of drug-likeness (QED) is 0.209. The molecule has 0 aliphatic rings. The third-order valence-electron chi connectivity index (χ3n) is 2.79. The fourth-order valence-corrected chi connectivity index (χ4v) is 1.55. The Bertz CT molecular complexity index is 782. The van der Waals surface area contributed by atoms with E-state index in [2.05, 4.69) is 5.32 Å². The number of benzene rings is 1. The first-order valence-electron chi connectivity index (χ1n) is 7.69. The largest absolute Gasteiger partial charge is 0.473 e. The van der Waals surface area contributed by atoms with Gasteiger partial charge in [0.05, 0.1) is 6.26 Å². The normalized spacial score (nSPS) is 9.00. The Morgan fingerprint density at radius 2 is 1.38 bits per heavy atom. The molecule has 0 spiro atoms. The molecule has 8 N–H and O–H groups in total. The second-order valence-corrected chi connectivity index (χ2v) is 4.93. The van der Waals surface area contributed by atoms with E-state index in [-0.39, 0.29) is 5.84 Å². The predicted octanol–water partition coefficient (Wildman–Crippen LogP) is 0.529. The van der Waals surface area contributed by atoms with Crippen LogP contribution in [-0.2, 0) is 25.6 Å². The number of amidine groups is 1. The van der Waals surface area contributed by atoms with Gasteiger partial charge in [0.25, 0.3) is 0 Å². The summed E-state index contributed by atoms with van der Waals surface area (Å²) in [6.45, 7) is 0.648. The van der Waals surface area contributed by atoms with Gasteiger partial charge in [0.15, 0.2) is 11.6 Å². The molecule has 12 heteroatoms. The van der Waals surface area contributed by atoms with Gasteiger partial charge in [-0.25, -0.2) is 19.2 Å². The zero-order valence-corrected chi connectivity index (χ0v) is 14.9. The average Bonchev–Trinajstić information content (AvgIpc) is 3.19. The predicted molar refractivity (Wildman–Crippen MR) is 98.9 cm³/mol. The van der Waals surface area contributed by atoms with Gasteiger partial charge in [0.1, 0.15) is 0 Å². The van der Waals surface area contributed by atoms with E-state index in [0.717, 1.165) is 12.1 Å². The zero-order valence-electron chi connectivity index (χ0n) is 14.9. The number of nitrogens with one attached hydrogen (secondary N) is 2. The Morgan fingerprint density at radius 3 is 1.72 bits per heavy atom. The van der Waals surface area contributed by atoms with Gasteiger partial charge in [-0.15, -0.1) is 0 Å². The van der Waals surface area contributed by atoms with E-state index < -0.39 is 23.9 Å². The number of hydrogen-bond donors (Lipinski definition) is 7. The molecule has 0 saturated carbocycles. The molecule has 1 aromatic heterocycles. The third-order valence-corrected chi connectivity index (χ3v) is 2.79. The van der Waals surface area contributed by atoms with Gasteiger partial charge < -0.3 is 35.9 Å². The minimum Gasteiger partial charge on any atom is -0.473 e. The molecule has 12 nitrogen and oxygen atoms in total. The van der Waals surface area contributed by atoms with Crippen LogP contribution >= 0.6 is 0 Å². The summed E-state index contributed by atoms with van der Waals surface area (Å²) in [5.74, 6) is -6.52. The Morgan fingerprint density at radius 1 is 0.897 bits per heavy atom. The molecule has 0 aliphatic carbocycles. The molecule has 1 heterocycles. The van der Waals surface area contributed by atoms with E-state index in [4.69, 9.17) is 55.2 Å². The van der Waals surface area contributed by atoms with Crippen LogP contribution in [0.3, 0.4) is 0 Å². The van der Waals surface area contributed by atoms with Crippen molar-refractivity contribution in [3.05, 3.63) is 54.0 Å². The molecule has 2 aromatic rings. The minimum absolute atomic E-state index is 0.251. The van der Waals surface area contributed by atoms with Crippen LogP contribution in [0.4, 0.5) is 5.69 Å². The summed E-state index contributed by atoms with van der Waals surface area (Å²) < 4.78 is 5.13. The summed E-state index contributed by atoms with van der Waals surface area (Å²) in [5, 5.41) is 40.3. The van der Waals surface area contributed by atoms with Crippen molar-refractivity contribution < 1.29 is 44.0 Å². The molecule has 0 amide bonds. The molecule has 0 radical (unpaired) electrons. The molecule has 0 atom stereocenters. The van der Waals surface area contributed by atoms with Crippen LogP contribution in [0.15, 0.2) is 47.1 Å². The van der Waals surface area contributed by atoms with Crippen LogP contribution in [0.5, 0.6) is 0 Å². The maximum absolute atomic E-state index is 9.10. The lowest BCUT2D eigenvalue weighted by molar-refractivity contribution is -0.159. The number of nitrogens with two attached hydrogens (primary N) is 1. The fourth-order valence-electron chi connectivity index (χ4n) is 1.55. The Kier molecular flexibility index (Phi) is 11.2. The van der Waals surface area contributed by atoms with E-state index >= 15 is 0 Å². The Balaban J connectivity index is 0.000000542. The van der Waals surface area contributed by atoms with Crippen molar-refractivity contribution in [1.82, 2.24) is 0 Å². The van der Waals surface area contributed by atoms with Crippen molar-refractivity contribution in [3.63, 3.8) is 0 Å². The van der Waals surface area contributed by atoms with Crippen LogP contribution in [-0.4, -0.2) is 56.7 Å². The highest BCUT2D eigenvalue weighted by Crippen LogP contribution is 2.11. The molecular weight excluding hydrogens is 390 g/mol. The first-order chi connectivity index (χ1) is 13.6. The lowest BCUT2D eigenvalue weighted by atomic mass is 10.1. The van der Waals surface area contributed by atoms with Crippen molar-refractivity contribution in [2.75, 3.05) is 11.9 Å². The smallest absolute Gasteiger partial charge is 0.414 e. The van der Waals surface area contributed by atoms with Crippen molar-refractivity contribution in [1.29, 1.82) is 5.41 Å². The van der Waals surface area contributed by atoms with Gasteiger partial charge in [-0.1, -0.05) is 12.1 Å². The number of furan rings is 1. The molecule has 2 rings (SSSR count). The van der Waals surface area contributed by atoms with Crippen molar-refractivity contribution in [2.45, 2.75) is 6.42 Å². The van der Waals surface area contributed by atoms with Gasteiger partial charge in [-0.05, 0) is 42.8 Å². The van der Waals surface area contributed by atoms with Gasteiger partial charge >= 0.3 is 23.9 Å². The molecule has 0 fully saturated rings. The molecule has 0 saturated heterocycles. The van der Waals surface area contributed by atoms with E-state index in [9.17, 15) is 0 Å². The topological polar surface area (TPSA) is 224 Å². The number of anilines is 1. The number of rotatable bonds is 4. The summed E-state index contributed by atoms with van der Waals surface area (Å²) in [6.07, 6.45) is 2.42. The number of carbonyl (C=O) groups is 4. The molecule has 0 unspecified atom stereocenters. The van der Waals surface area contributed by atoms with Crippen LogP contribution in [0, 0.1) is 5.41 Å². The lowest BCUT2D eigenvalue weighted by Crippen LogP contribution is -2.11. The lowest BCUT2D eigenvalue weighted by Gasteiger charge is -2.06. The molecule has 0 aliphatic heterocycles. The molecule has 1 aromatic carbocycles. The highest BCUT2D eigenvalue weighted by atomic mass is 16.4. The Labute approximate surface area is 163 Å². The second-order valence-electron chi connectivity index (χ2n) is 4.93. The summed E-state index contributed by atoms with van der Waals surface area (Å²) in [7, 11) is 0. The standard InChI is InChI=1S/C13H15N3O.2C2H2O4/c14-8-7-10-3-5-11(6-4-10)16-13(15)12-2-1-9-17-12;2*3-1(4)2(5)6/h1-6,9H,7-8,14H2,(H2,15,16);2*(H,3,4)(H,5,6). The summed E-state index contributed by atoms with van der Waals surface area (Å²) in [6, 6.07) is 11.4. The number of aliphatic carboxylic acids is 4. The van der Waals surface area contributed by atoms with Crippen LogP contribution < -0.4 is 11.1 Å². The van der Waals surface area contributed by atoms with E-state index in [1.807, 2.05) is 24.3 Å². The first kappa shape index (κ1) is 24.8. The highest BCUT2D eigenvalue weighted by molar-refractivity contribution is 6.27. The molecule has 0 bridgehead atoms. The molecular formula is C17H19N3O9. The van der Waals surface area contributed by atoms with Crippen LogP contribution in [0.1, 0.15) is 11.3 Å². The van der Waals surface area contributed by atoms with Crippen molar-refractivity contribution in [2.24, 2.45) is 5.73 Å². The summed E-state index contributed by atoms with van der Waals surface area (Å²) >= 11 is 0. The third kappa shape index (κ3) is 11.2. The summed E-state index contributed by atoms with van der Waals surface area (Å²) in [5.41, 5.74) is 7.55. The van der Waals surface area contributed by atoms with Gasteiger partial charge in [-0.2, -0.15) is 0 Å². The first-order valence-corrected chi connectivity index (χ1v) is 7.69. The second kappa shape index (κ2) is 13.1. The van der Waals surface area contributed by atoms with E-state index in [1.165, 1.54) is 5.56 Å². The fraction of sp³-hybridized carbons (Fsp3) is 0.118. The van der Waals surface area contributed by atoms with Gasteiger partial charge in [0.2, 0.25) is 0 Å². The van der Waals surface area contributed by atoms with Crippen LogP contribution in [0.2, 0.25) is 0 Å².